The van der Waals surface area contributed by atoms with Gasteiger partial charge in [0.15, 0.2) is 0 Å². The summed E-state index contributed by atoms with van der Waals surface area (Å²) in [6.45, 7) is 11.9. The number of para-hydroxylation sites is 3. The fourth-order valence-corrected chi connectivity index (χ4v) is 13.0. The fraction of sp³-hybridized carbons (Fsp3) is 0.130. The minimum atomic E-state index is -0.240. The first-order chi connectivity index (χ1) is 34.6. The Hall–Kier alpha value is -8.20. The van der Waals surface area contributed by atoms with Gasteiger partial charge in [-0.25, -0.2) is 0 Å². The lowest BCUT2D eigenvalue weighted by Crippen LogP contribution is -2.31. The van der Waals surface area contributed by atoms with Crippen molar-refractivity contribution in [3.63, 3.8) is 0 Å². The molecule has 2 nitrogen and oxygen atoms in total. The van der Waals surface area contributed by atoms with Crippen molar-refractivity contribution in [2.45, 2.75) is 58.3 Å². The summed E-state index contributed by atoms with van der Waals surface area (Å²) < 4.78 is 2.39. The van der Waals surface area contributed by atoms with E-state index in [9.17, 15) is 0 Å². The monoisotopic (exact) mass is 910 g/mol. The number of benzene rings is 10. The molecule has 0 aliphatic heterocycles. The summed E-state index contributed by atoms with van der Waals surface area (Å²) in [4.78, 5) is 2.41. The zero-order valence-electron chi connectivity index (χ0n) is 41.0. The van der Waals surface area contributed by atoms with Gasteiger partial charge in [0, 0.05) is 44.4 Å². The number of hydrogen-bond acceptors (Lipinski definition) is 1. The van der Waals surface area contributed by atoms with Gasteiger partial charge in [-0.1, -0.05) is 173 Å². The molecular weight excluding hydrogens is 857 g/mol. The van der Waals surface area contributed by atoms with Crippen molar-refractivity contribution in [2.24, 2.45) is 0 Å². The number of hydrogen-bond donors (Lipinski definition) is 0. The van der Waals surface area contributed by atoms with Crippen molar-refractivity contribution >= 4 is 61.8 Å². The van der Waals surface area contributed by atoms with E-state index in [1.54, 1.807) is 0 Å². The van der Waals surface area contributed by atoms with E-state index in [0.717, 1.165) is 35.6 Å². The van der Waals surface area contributed by atoms with E-state index in [0.29, 0.717) is 0 Å². The Balaban J connectivity index is 0.875. The van der Waals surface area contributed by atoms with E-state index in [-0.39, 0.29) is 10.8 Å². The Labute approximate surface area is 416 Å². The van der Waals surface area contributed by atoms with Crippen LogP contribution in [0.5, 0.6) is 0 Å². The number of aryl methyl sites for hydroxylation is 1. The second kappa shape index (κ2) is 15.4. The zero-order valence-corrected chi connectivity index (χ0v) is 41.0. The minimum Gasteiger partial charge on any atom is -0.310 e. The molecule has 10 aromatic carbocycles. The van der Waals surface area contributed by atoms with Gasteiger partial charge in [-0.3, -0.25) is 0 Å². The average molecular weight is 911 g/mol. The van der Waals surface area contributed by atoms with Crippen LogP contribution in [0, 0.1) is 6.92 Å². The largest absolute Gasteiger partial charge is 0.310 e. The highest BCUT2D eigenvalue weighted by Crippen LogP contribution is 2.53. The topological polar surface area (TPSA) is 8.17 Å². The Bertz CT molecular complexity index is 4110. The highest BCUT2D eigenvalue weighted by Gasteiger charge is 2.38. The molecule has 0 radical (unpaired) electrons. The molecule has 0 saturated heterocycles. The second-order valence-corrected chi connectivity index (χ2v) is 21.2. The van der Waals surface area contributed by atoms with Gasteiger partial charge < -0.3 is 9.47 Å². The van der Waals surface area contributed by atoms with E-state index in [4.69, 9.17) is 0 Å². The highest BCUT2D eigenvalue weighted by atomic mass is 15.1. The molecule has 0 saturated carbocycles. The molecule has 0 unspecified atom stereocenters. The highest BCUT2D eigenvalue weighted by molar-refractivity contribution is 6.10. The molecule has 3 aliphatic rings. The minimum absolute atomic E-state index is 0.0697. The van der Waals surface area contributed by atoms with Crippen LogP contribution in [0.3, 0.4) is 0 Å². The van der Waals surface area contributed by atoms with Crippen molar-refractivity contribution in [2.75, 3.05) is 4.90 Å². The van der Waals surface area contributed by atoms with Crippen LogP contribution in [0.2, 0.25) is 0 Å². The van der Waals surface area contributed by atoms with Crippen LogP contribution in [0.4, 0.5) is 17.1 Å². The summed E-state index contributed by atoms with van der Waals surface area (Å²) in [5, 5.41) is 7.92. The first kappa shape index (κ1) is 41.7. The Morgan fingerprint density at radius 2 is 0.873 bits per heavy atom. The van der Waals surface area contributed by atoms with Crippen molar-refractivity contribution in [3.8, 4) is 50.2 Å². The molecule has 1 aromatic heterocycles. The summed E-state index contributed by atoms with van der Waals surface area (Å²) in [6.07, 6.45) is 7.12. The number of nitrogens with zero attached hydrogens (tertiary/aromatic N) is 2. The summed E-state index contributed by atoms with van der Waals surface area (Å²) >= 11 is 0. The van der Waals surface area contributed by atoms with Crippen LogP contribution in [0.15, 0.2) is 200 Å². The van der Waals surface area contributed by atoms with Crippen LogP contribution < -0.4 is 15.3 Å². The van der Waals surface area contributed by atoms with Gasteiger partial charge in [-0.05, 0) is 181 Å². The molecule has 0 spiro atoms. The van der Waals surface area contributed by atoms with Crippen LogP contribution in [-0.4, -0.2) is 4.57 Å². The Kier molecular flexibility index (Phi) is 9.05. The molecule has 2 heteroatoms. The van der Waals surface area contributed by atoms with Crippen molar-refractivity contribution < 1.29 is 0 Å². The quantitative estimate of drug-likeness (QED) is 0.161. The molecule has 0 fully saturated rings. The van der Waals surface area contributed by atoms with E-state index in [1.165, 1.54) is 115 Å². The number of aromatic nitrogens is 1. The molecule has 0 amide bonds. The normalized spacial score (nSPS) is 14.6. The molecule has 1 heterocycles. The van der Waals surface area contributed by atoms with Gasteiger partial charge in [0.2, 0.25) is 0 Å². The Morgan fingerprint density at radius 1 is 0.380 bits per heavy atom. The summed E-state index contributed by atoms with van der Waals surface area (Å²) in [7, 11) is 0. The number of rotatable bonds is 6. The predicted molar refractivity (Wildman–Crippen MR) is 301 cm³/mol. The summed E-state index contributed by atoms with van der Waals surface area (Å²) in [6, 6.07) is 75.3. The van der Waals surface area contributed by atoms with Crippen molar-refractivity contribution in [3.05, 3.63) is 238 Å². The van der Waals surface area contributed by atoms with Gasteiger partial charge in [0.1, 0.15) is 0 Å². The third-order valence-corrected chi connectivity index (χ3v) is 16.4. The third kappa shape index (κ3) is 6.13. The van der Waals surface area contributed by atoms with Gasteiger partial charge in [0.05, 0.1) is 11.0 Å². The van der Waals surface area contributed by atoms with E-state index < -0.39 is 0 Å². The van der Waals surface area contributed by atoms with Gasteiger partial charge in [-0.2, -0.15) is 0 Å². The van der Waals surface area contributed by atoms with Gasteiger partial charge in [0.25, 0.3) is 0 Å². The van der Waals surface area contributed by atoms with Gasteiger partial charge >= 0.3 is 0 Å². The second-order valence-electron chi connectivity index (χ2n) is 21.2. The van der Waals surface area contributed by atoms with E-state index in [1.807, 2.05) is 0 Å². The maximum Gasteiger partial charge on any atom is 0.0541 e. The lowest BCUT2D eigenvalue weighted by atomic mass is 9.79. The molecule has 340 valence electrons. The molecule has 11 aromatic rings. The molecule has 0 bridgehead atoms. The molecule has 3 aliphatic carbocycles. The smallest absolute Gasteiger partial charge is 0.0541 e. The standard InChI is InChI=1S/C69H54N2/c1-43-27-35-58-59(39-43)67(45-29-36-51-50-19-11-14-24-60(50)68(2,3)61(51)41-45)57-23-10-9-22-56(57)66(58)44-28-37-52-53-38-34-49(42-63(53)69(4,5)62(52)40-44)70(46-17-7-6-8-18-46)47-30-32-48(33-31-47)71-64-25-15-12-20-54(64)55-21-13-16-26-65(55)71/h6-8,11-42H,9-10H2,1-5H3. The zero-order chi connectivity index (χ0) is 47.8. The van der Waals surface area contributed by atoms with Crippen LogP contribution in [0.1, 0.15) is 68.4 Å². The Morgan fingerprint density at radius 3 is 1.52 bits per heavy atom. The molecular formula is C69H54N2. The van der Waals surface area contributed by atoms with Crippen LogP contribution in [0.25, 0.3) is 94.9 Å². The SMILES string of the molecule is Cc1ccc2c(-c3ccc4c(c3)C(C)(C)c3cc(N(c5ccccc5)c5ccc(-n6c7ccccc7c7ccccc76)cc5)ccc3-4)c3c(c(-c4ccc5c(c4)C(C)(C)c4ccccc4-5)c2c1)=CCCC=3. The van der Waals surface area contributed by atoms with Gasteiger partial charge in [-0.15, -0.1) is 0 Å². The maximum absolute atomic E-state index is 2.53. The van der Waals surface area contributed by atoms with Crippen LogP contribution in [-0.2, 0) is 10.8 Å². The van der Waals surface area contributed by atoms with Crippen molar-refractivity contribution in [1.82, 2.24) is 4.57 Å². The first-order valence-corrected chi connectivity index (χ1v) is 25.4. The molecule has 71 heavy (non-hydrogen) atoms. The predicted octanol–water partition coefficient (Wildman–Crippen LogP) is 17.0. The number of anilines is 3. The third-order valence-electron chi connectivity index (χ3n) is 16.4. The molecule has 14 rings (SSSR count). The lowest BCUT2D eigenvalue weighted by Gasteiger charge is -2.28. The fourth-order valence-electron chi connectivity index (χ4n) is 13.0. The average Bonchev–Trinajstić information content (AvgIpc) is 3.95. The van der Waals surface area contributed by atoms with Crippen molar-refractivity contribution in [1.29, 1.82) is 0 Å². The summed E-state index contributed by atoms with van der Waals surface area (Å²) in [5.41, 5.74) is 24.2. The maximum atomic E-state index is 2.53. The number of fused-ring (bicyclic) bond motifs is 11. The molecule has 0 atom stereocenters. The van der Waals surface area contributed by atoms with E-state index in [2.05, 4.69) is 256 Å². The van der Waals surface area contributed by atoms with Crippen LogP contribution >= 0.6 is 0 Å². The summed E-state index contributed by atoms with van der Waals surface area (Å²) in [5.74, 6) is 0. The first-order valence-electron chi connectivity index (χ1n) is 25.4. The molecule has 0 N–H and O–H groups in total. The lowest BCUT2D eigenvalue weighted by molar-refractivity contribution is 0.660. The van der Waals surface area contributed by atoms with E-state index >= 15 is 0 Å².